The van der Waals surface area contributed by atoms with Crippen molar-refractivity contribution in [2.75, 3.05) is 5.75 Å². The van der Waals surface area contributed by atoms with Crippen molar-refractivity contribution in [2.24, 2.45) is 5.92 Å². The molecule has 0 aliphatic carbocycles. The molecule has 5 heteroatoms. The number of aromatic carboxylic acids is 1. The Hall–Kier alpha value is -0.740. The lowest BCUT2D eigenvalue weighted by Crippen LogP contribution is -1.99. The molecule has 0 fully saturated rings. The van der Waals surface area contributed by atoms with Gasteiger partial charge in [0.05, 0.1) is 10.6 Å². The standard InChI is InChI=1S/C11H14ClNO2S/c1-7(2)4-6-16-10-9(12)8(11(14)15)3-5-13-10/h3,5,7H,4,6H2,1-2H3,(H,14,15). The maximum absolute atomic E-state index is 10.8. The highest BCUT2D eigenvalue weighted by Gasteiger charge is 2.13. The average molecular weight is 260 g/mol. The Morgan fingerprint density at radius 1 is 1.62 bits per heavy atom. The predicted molar refractivity (Wildman–Crippen MR) is 66.4 cm³/mol. The van der Waals surface area contributed by atoms with Crippen molar-refractivity contribution in [3.63, 3.8) is 0 Å². The Balaban J connectivity index is 2.73. The summed E-state index contributed by atoms with van der Waals surface area (Å²) >= 11 is 7.46. The van der Waals surface area contributed by atoms with Crippen LogP contribution in [0.15, 0.2) is 17.3 Å². The molecule has 0 aliphatic rings. The van der Waals surface area contributed by atoms with Gasteiger partial charge in [-0.25, -0.2) is 9.78 Å². The molecule has 0 aliphatic heterocycles. The minimum atomic E-state index is -1.02. The van der Waals surface area contributed by atoms with Crippen molar-refractivity contribution in [3.8, 4) is 0 Å². The number of hydrogen-bond acceptors (Lipinski definition) is 3. The molecular formula is C11H14ClNO2S. The van der Waals surface area contributed by atoms with Gasteiger partial charge in [-0.05, 0) is 24.2 Å². The van der Waals surface area contributed by atoms with Crippen molar-refractivity contribution < 1.29 is 9.90 Å². The number of thioether (sulfide) groups is 1. The van der Waals surface area contributed by atoms with Crippen molar-refractivity contribution >= 4 is 29.3 Å². The normalized spacial score (nSPS) is 10.8. The Bertz CT molecular complexity index is 382. The first-order valence-electron chi connectivity index (χ1n) is 5.03. The maximum Gasteiger partial charge on any atom is 0.337 e. The molecule has 0 spiro atoms. The van der Waals surface area contributed by atoms with E-state index in [1.165, 1.54) is 24.0 Å². The molecule has 0 saturated carbocycles. The van der Waals surface area contributed by atoms with Crippen LogP contribution < -0.4 is 0 Å². The summed E-state index contributed by atoms with van der Waals surface area (Å²) in [7, 11) is 0. The molecule has 1 N–H and O–H groups in total. The number of aromatic nitrogens is 1. The molecule has 1 aromatic heterocycles. The lowest BCUT2D eigenvalue weighted by molar-refractivity contribution is 0.0696. The molecule has 1 heterocycles. The minimum Gasteiger partial charge on any atom is -0.478 e. The van der Waals surface area contributed by atoms with Crippen LogP contribution in [0.4, 0.5) is 0 Å². The van der Waals surface area contributed by atoms with E-state index in [0.29, 0.717) is 10.9 Å². The number of carboxylic acids is 1. The molecule has 3 nitrogen and oxygen atoms in total. The number of rotatable bonds is 5. The zero-order chi connectivity index (χ0) is 12.1. The Morgan fingerprint density at radius 3 is 2.88 bits per heavy atom. The third-order valence-electron chi connectivity index (χ3n) is 2.02. The van der Waals surface area contributed by atoms with Gasteiger partial charge in [0.2, 0.25) is 0 Å². The van der Waals surface area contributed by atoms with Crippen LogP contribution in [0.25, 0.3) is 0 Å². The fraction of sp³-hybridized carbons (Fsp3) is 0.455. The first-order valence-corrected chi connectivity index (χ1v) is 6.39. The molecule has 0 bridgehead atoms. The summed E-state index contributed by atoms with van der Waals surface area (Å²) in [6.45, 7) is 4.28. The number of nitrogens with zero attached hydrogens (tertiary/aromatic N) is 1. The van der Waals surface area contributed by atoms with E-state index in [-0.39, 0.29) is 10.6 Å². The van der Waals surface area contributed by atoms with Gasteiger partial charge in [0.15, 0.2) is 0 Å². The van der Waals surface area contributed by atoms with Crippen LogP contribution in [0, 0.1) is 5.92 Å². The first kappa shape index (κ1) is 13.3. The van der Waals surface area contributed by atoms with Crippen LogP contribution in [0.3, 0.4) is 0 Å². The summed E-state index contributed by atoms with van der Waals surface area (Å²) in [6, 6.07) is 1.41. The molecule has 0 atom stereocenters. The molecule has 1 aromatic rings. The second-order valence-electron chi connectivity index (χ2n) is 3.81. The van der Waals surface area contributed by atoms with Gasteiger partial charge in [0.25, 0.3) is 0 Å². The number of carbonyl (C=O) groups is 1. The predicted octanol–water partition coefficient (Wildman–Crippen LogP) is 3.57. The number of pyridine rings is 1. The third-order valence-corrected chi connectivity index (χ3v) is 3.54. The van der Waals surface area contributed by atoms with Crippen LogP contribution in [0.5, 0.6) is 0 Å². The van der Waals surface area contributed by atoms with E-state index in [4.69, 9.17) is 16.7 Å². The van der Waals surface area contributed by atoms with E-state index in [2.05, 4.69) is 18.8 Å². The van der Waals surface area contributed by atoms with Gasteiger partial charge in [-0.15, -0.1) is 11.8 Å². The first-order chi connectivity index (χ1) is 7.52. The van der Waals surface area contributed by atoms with Crippen molar-refractivity contribution in [3.05, 3.63) is 22.8 Å². The van der Waals surface area contributed by atoms with E-state index >= 15 is 0 Å². The Labute approximate surface area is 104 Å². The lowest BCUT2D eigenvalue weighted by atomic mass is 10.2. The van der Waals surface area contributed by atoms with Crippen molar-refractivity contribution in [2.45, 2.75) is 25.3 Å². The van der Waals surface area contributed by atoms with Gasteiger partial charge < -0.3 is 5.11 Å². The topological polar surface area (TPSA) is 50.2 Å². The summed E-state index contributed by atoms with van der Waals surface area (Å²) in [5.41, 5.74) is 0.115. The Kier molecular flexibility index (Phi) is 5.09. The summed E-state index contributed by atoms with van der Waals surface area (Å²) in [6.07, 6.45) is 2.53. The lowest BCUT2D eigenvalue weighted by Gasteiger charge is -2.06. The summed E-state index contributed by atoms with van der Waals surface area (Å²) in [5.74, 6) is 0.500. The fourth-order valence-corrected chi connectivity index (χ4v) is 2.59. The second-order valence-corrected chi connectivity index (χ2v) is 5.28. The highest BCUT2D eigenvalue weighted by atomic mass is 35.5. The van der Waals surface area contributed by atoms with Gasteiger partial charge in [-0.1, -0.05) is 25.4 Å². The van der Waals surface area contributed by atoms with Gasteiger partial charge in [-0.3, -0.25) is 0 Å². The van der Waals surface area contributed by atoms with Crippen molar-refractivity contribution in [1.29, 1.82) is 0 Å². The molecule has 1 rings (SSSR count). The summed E-state index contributed by atoms with van der Waals surface area (Å²) in [5, 5.41) is 9.72. The average Bonchev–Trinajstić information content (AvgIpc) is 2.19. The minimum absolute atomic E-state index is 0.115. The van der Waals surface area contributed by atoms with Crippen LogP contribution in [0.2, 0.25) is 5.02 Å². The van der Waals surface area contributed by atoms with E-state index in [0.717, 1.165) is 12.2 Å². The number of halogens is 1. The zero-order valence-corrected chi connectivity index (χ0v) is 10.8. The molecule has 0 amide bonds. The number of carboxylic acid groups (broad SMARTS) is 1. The van der Waals surface area contributed by atoms with Gasteiger partial charge in [0, 0.05) is 6.20 Å². The molecule has 0 radical (unpaired) electrons. The highest BCUT2D eigenvalue weighted by molar-refractivity contribution is 7.99. The third kappa shape index (κ3) is 3.68. The smallest absolute Gasteiger partial charge is 0.337 e. The molecule has 0 aromatic carbocycles. The second kappa shape index (κ2) is 6.11. The van der Waals surface area contributed by atoms with Crippen LogP contribution in [-0.4, -0.2) is 21.8 Å². The summed E-state index contributed by atoms with van der Waals surface area (Å²) < 4.78 is 0. The van der Waals surface area contributed by atoms with Crippen molar-refractivity contribution in [1.82, 2.24) is 4.98 Å². The molecule has 88 valence electrons. The van der Waals surface area contributed by atoms with E-state index in [9.17, 15) is 4.79 Å². The van der Waals surface area contributed by atoms with E-state index < -0.39 is 5.97 Å². The largest absolute Gasteiger partial charge is 0.478 e. The fourth-order valence-electron chi connectivity index (χ4n) is 1.08. The van der Waals surface area contributed by atoms with Gasteiger partial charge >= 0.3 is 5.97 Å². The van der Waals surface area contributed by atoms with Crippen LogP contribution in [0.1, 0.15) is 30.6 Å². The summed E-state index contributed by atoms with van der Waals surface area (Å²) in [4.78, 5) is 14.9. The number of hydrogen-bond donors (Lipinski definition) is 1. The molecule has 0 saturated heterocycles. The molecule has 16 heavy (non-hydrogen) atoms. The Morgan fingerprint density at radius 2 is 2.31 bits per heavy atom. The monoisotopic (exact) mass is 259 g/mol. The highest BCUT2D eigenvalue weighted by Crippen LogP contribution is 2.28. The van der Waals surface area contributed by atoms with E-state index in [1.807, 2.05) is 0 Å². The zero-order valence-electron chi connectivity index (χ0n) is 9.24. The van der Waals surface area contributed by atoms with Crippen LogP contribution >= 0.6 is 23.4 Å². The SMILES string of the molecule is CC(C)CCSc1nccc(C(=O)O)c1Cl. The maximum atomic E-state index is 10.8. The van der Waals surface area contributed by atoms with Crippen LogP contribution in [-0.2, 0) is 0 Å². The van der Waals surface area contributed by atoms with E-state index in [1.54, 1.807) is 0 Å². The van der Waals surface area contributed by atoms with Gasteiger partial charge in [0.1, 0.15) is 5.03 Å². The molecule has 0 unspecified atom stereocenters. The quantitative estimate of drug-likeness (QED) is 0.822. The molecular weight excluding hydrogens is 246 g/mol. The van der Waals surface area contributed by atoms with Gasteiger partial charge in [-0.2, -0.15) is 0 Å².